The molecule has 7 nitrogen and oxygen atoms in total. The first-order valence-electron chi connectivity index (χ1n) is 9.66. The molecule has 2 amide bonds. The number of hydrogen-bond donors (Lipinski definition) is 1. The van der Waals surface area contributed by atoms with Crippen LogP contribution in [0.15, 0.2) is 60.0 Å². The van der Waals surface area contributed by atoms with Crippen molar-refractivity contribution in [3.05, 3.63) is 77.1 Å². The summed E-state index contributed by atoms with van der Waals surface area (Å²) in [5, 5.41) is 4.62. The van der Waals surface area contributed by atoms with Gasteiger partial charge in [-0.1, -0.05) is 12.1 Å². The van der Waals surface area contributed by atoms with E-state index in [1.54, 1.807) is 42.6 Å². The van der Waals surface area contributed by atoms with Crippen molar-refractivity contribution in [1.82, 2.24) is 4.98 Å². The largest absolute Gasteiger partial charge is 0.462 e. The number of amides is 2. The molecule has 0 bridgehead atoms. The van der Waals surface area contributed by atoms with Gasteiger partial charge < -0.3 is 10.1 Å². The van der Waals surface area contributed by atoms with E-state index >= 15 is 0 Å². The highest BCUT2D eigenvalue weighted by Crippen LogP contribution is 2.31. The van der Waals surface area contributed by atoms with Crippen LogP contribution in [0.5, 0.6) is 0 Å². The van der Waals surface area contributed by atoms with Crippen molar-refractivity contribution >= 4 is 51.7 Å². The number of para-hydroxylation sites is 1. The Bertz CT molecular complexity index is 1160. The first kappa shape index (κ1) is 22.8. The van der Waals surface area contributed by atoms with Crippen LogP contribution in [0.25, 0.3) is 6.08 Å². The number of carbonyl (C=O) groups excluding carboxylic acids is 3. The second-order valence-corrected chi connectivity index (χ2v) is 7.32. The van der Waals surface area contributed by atoms with Crippen molar-refractivity contribution in [2.75, 3.05) is 16.8 Å². The van der Waals surface area contributed by atoms with Crippen LogP contribution in [0.3, 0.4) is 0 Å². The third-order valence-electron chi connectivity index (χ3n) is 4.18. The van der Waals surface area contributed by atoms with Crippen molar-refractivity contribution in [2.24, 2.45) is 0 Å². The van der Waals surface area contributed by atoms with Gasteiger partial charge in [-0.25, -0.2) is 14.2 Å². The molecule has 0 radical (unpaired) electrons. The van der Waals surface area contributed by atoms with Crippen molar-refractivity contribution in [1.29, 1.82) is 0 Å². The Balaban J connectivity index is 1.67. The lowest BCUT2D eigenvalue weighted by atomic mass is 10.2. The smallest absolute Gasteiger partial charge is 0.338 e. The van der Waals surface area contributed by atoms with Gasteiger partial charge in [-0.05, 0) is 49.4 Å². The van der Waals surface area contributed by atoms with E-state index in [0.717, 1.165) is 11.3 Å². The molecule has 0 spiro atoms. The third kappa shape index (κ3) is 5.64. The van der Waals surface area contributed by atoms with E-state index in [9.17, 15) is 18.8 Å². The Hall–Kier alpha value is -3.85. The van der Waals surface area contributed by atoms with Crippen LogP contribution < -0.4 is 10.2 Å². The second-order valence-electron chi connectivity index (χ2n) is 6.48. The van der Waals surface area contributed by atoms with Gasteiger partial charge in [0.2, 0.25) is 11.8 Å². The lowest BCUT2D eigenvalue weighted by Crippen LogP contribution is -2.23. The number of halogens is 1. The van der Waals surface area contributed by atoms with Gasteiger partial charge in [0.25, 0.3) is 0 Å². The van der Waals surface area contributed by atoms with Crippen LogP contribution in [0.4, 0.5) is 20.9 Å². The summed E-state index contributed by atoms with van der Waals surface area (Å²) in [7, 11) is 0. The molecule has 32 heavy (non-hydrogen) atoms. The normalized spacial score (nSPS) is 10.7. The maximum absolute atomic E-state index is 14.2. The van der Waals surface area contributed by atoms with Gasteiger partial charge in [0.05, 0.1) is 23.6 Å². The Kier molecular flexibility index (Phi) is 7.45. The highest BCUT2D eigenvalue weighted by Gasteiger charge is 2.20. The van der Waals surface area contributed by atoms with Gasteiger partial charge in [-0.3, -0.25) is 14.5 Å². The van der Waals surface area contributed by atoms with Gasteiger partial charge in [-0.2, -0.15) is 0 Å². The number of nitrogens with one attached hydrogen (secondary N) is 1. The molecular formula is C23H20FN3O4S. The van der Waals surface area contributed by atoms with E-state index < -0.39 is 17.7 Å². The van der Waals surface area contributed by atoms with Crippen LogP contribution in [-0.4, -0.2) is 29.4 Å². The average molecular weight is 453 g/mol. The van der Waals surface area contributed by atoms with Crippen molar-refractivity contribution in [3.63, 3.8) is 0 Å². The van der Waals surface area contributed by atoms with E-state index in [4.69, 9.17) is 4.74 Å². The molecule has 1 N–H and O–H groups in total. The predicted octanol–water partition coefficient (Wildman–Crippen LogP) is 4.80. The number of rotatable bonds is 7. The molecule has 1 aromatic heterocycles. The molecule has 3 aromatic rings. The zero-order valence-corrected chi connectivity index (χ0v) is 18.2. The summed E-state index contributed by atoms with van der Waals surface area (Å²) in [4.78, 5) is 41.5. The minimum absolute atomic E-state index is 0.105. The number of thiazole rings is 1. The monoisotopic (exact) mass is 453 g/mol. The average Bonchev–Trinajstić information content (AvgIpc) is 3.23. The number of benzene rings is 2. The first-order valence-corrected chi connectivity index (χ1v) is 10.5. The number of esters is 1. The summed E-state index contributed by atoms with van der Waals surface area (Å²) in [6.07, 6.45) is 2.78. The second kappa shape index (κ2) is 10.5. The number of anilines is 3. The summed E-state index contributed by atoms with van der Waals surface area (Å²) < 4.78 is 19.1. The molecule has 0 saturated heterocycles. The zero-order chi connectivity index (χ0) is 23.1. The lowest BCUT2D eigenvalue weighted by molar-refractivity contribution is -0.116. The highest BCUT2D eigenvalue weighted by molar-refractivity contribution is 7.14. The molecule has 3 rings (SSSR count). The Morgan fingerprint density at radius 3 is 2.53 bits per heavy atom. The molecular weight excluding hydrogens is 433 g/mol. The molecule has 0 fully saturated rings. The van der Waals surface area contributed by atoms with Gasteiger partial charge in [0.1, 0.15) is 5.82 Å². The minimum Gasteiger partial charge on any atom is -0.462 e. The van der Waals surface area contributed by atoms with E-state index in [1.165, 1.54) is 42.2 Å². The van der Waals surface area contributed by atoms with Crippen LogP contribution in [0, 0.1) is 5.82 Å². The van der Waals surface area contributed by atoms with Gasteiger partial charge in [-0.15, -0.1) is 11.3 Å². The number of nitrogens with zero attached hydrogens (tertiary/aromatic N) is 2. The van der Waals surface area contributed by atoms with Crippen molar-refractivity contribution in [2.45, 2.75) is 13.8 Å². The summed E-state index contributed by atoms with van der Waals surface area (Å²) in [5.74, 6) is -1.76. The lowest BCUT2D eigenvalue weighted by Gasteiger charge is -2.18. The Morgan fingerprint density at radius 2 is 1.88 bits per heavy atom. The Labute approximate surface area is 188 Å². The molecule has 0 atom stereocenters. The SMILES string of the molecule is CCOC(=O)c1ccc(NC(=O)/C=C/c2csc(N(C(C)=O)c3ccccc3F)n2)cc1. The molecule has 1 heterocycles. The first-order chi connectivity index (χ1) is 15.4. The number of aromatic nitrogens is 1. The fourth-order valence-corrected chi connectivity index (χ4v) is 3.59. The van der Waals surface area contributed by atoms with Crippen molar-refractivity contribution in [3.8, 4) is 0 Å². The molecule has 0 aliphatic heterocycles. The standard InChI is InChI=1S/C23H20FN3O4S/c1-3-31-22(30)16-8-10-17(11-9-16)25-21(29)13-12-18-14-32-23(26-18)27(15(2)28)20-7-5-4-6-19(20)24/h4-14H,3H2,1-2H3,(H,25,29)/b13-12+. The molecule has 0 aliphatic carbocycles. The van der Waals surface area contributed by atoms with Gasteiger partial charge in [0, 0.05) is 24.1 Å². The van der Waals surface area contributed by atoms with E-state index in [1.807, 2.05) is 0 Å². The van der Waals surface area contributed by atoms with Crippen LogP contribution in [0.1, 0.15) is 29.9 Å². The zero-order valence-electron chi connectivity index (χ0n) is 17.4. The molecule has 0 unspecified atom stereocenters. The molecule has 164 valence electrons. The fourth-order valence-electron chi connectivity index (χ4n) is 2.74. The number of carbonyl (C=O) groups is 3. The summed E-state index contributed by atoms with van der Waals surface area (Å²) in [6, 6.07) is 12.2. The van der Waals surface area contributed by atoms with Crippen LogP contribution in [0.2, 0.25) is 0 Å². The van der Waals surface area contributed by atoms with Crippen molar-refractivity contribution < 1.29 is 23.5 Å². The fraction of sp³-hybridized carbons (Fsp3) is 0.130. The van der Waals surface area contributed by atoms with E-state index in [2.05, 4.69) is 10.3 Å². The van der Waals surface area contributed by atoms with Crippen LogP contribution in [-0.2, 0) is 14.3 Å². The third-order valence-corrected chi connectivity index (χ3v) is 5.02. The molecule has 2 aromatic carbocycles. The number of hydrogen-bond acceptors (Lipinski definition) is 6. The summed E-state index contributed by atoms with van der Waals surface area (Å²) >= 11 is 1.15. The summed E-state index contributed by atoms with van der Waals surface area (Å²) in [5.41, 5.74) is 1.45. The highest BCUT2D eigenvalue weighted by atomic mass is 32.1. The maximum atomic E-state index is 14.2. The van der Waals surface area contributed by atoms with E-state index in [0.29, 0.717) is 16.9 Å². The number of ether oxygens (including phenoxy) is 1. The maximum Gasteiger partial charge on any atom is 0.338 e. The topological polar surface area (TPSA) is 88.6 Å². The van der Waals surface area contributed by atoms with Crippen LogP contribution >= 0.6 is 11.3 Å². The molecule has 9 heteroatoms. The van der Waals surface area contributed by atoms with E-state index in [-0.39, 0.29) is 23.3 Å². The van der Waals surface area contributed by atoms with Gasteiger partial charge in [0.15, 0.2) is 5.13 Å². The quantitative estimate of drug-likeness (QED) is 0.410. The molecule has 0 aliphatic rings. The minimum atomic E-state index is -0.539. The van der Waals surface area contributed by atoms with Gasteiger partial charge >= 0.3 is 5.97 Å². The molecule has 0 saturated carbocycles. The summed E-state index contributed by atoms with van der Waals surface area (Å²) in [6.45, 7) is 3.33. The predicted molar refractivity (Wildman–Crippen MR) is 121 cm³/mol. The Morgan fingerprint density at radius 1 is 1.16 bits per heavy atom.